The lowest BCUT2D eigenvalue weighted by Crippen LogP contribution is -2.21. The van der Waals surface area contributed by atoms with E-state index in [1.807, 2.05) is 30.3 Å². The van der Waals surface area contributed by atoms with Gasteiger partial charge < -0.3 is 19.8 Å². The maximum Gasteiger partial charge on any atom is 0.148 e. The number of sulfone groups is 1. The predicted octanol–water partition coefficient (Wildman–Crippen LogP) is 5.56. The summed E-state index contributed by atoms with van der Waals surface area (Å²) in [6.45, 7) is 0.752. The zero-order valence-electron chi connectivity index (χ0n) is 19.4. The van der Waals surface area contributed by atoms with Gasteiger partial charge >= 0.3 is 0 Å². The number of anilines is 2. The molecule has 0 atom stereocenters. The number of pyridine rings is 1. The van der Waals surface area contributed by atoms with E-state index in [1.54, 1.807) is 12.1 Å². The highest BCUT2D eigenvalue weighted by Gasteiger charge is 2.15. The summed E-state index contributed by atoms with van der Waals surface area (Å²) >= 11 is 12.5. The molecule has 2 aromatic carbocycles. The molecule has 0 aliphatic rings. The topological polar surface area (TPSA) is 117 Å². The quantitative estimate of drug-likeness (QED) is 0.263. The molecule has 4 rings (SSSR count). The zero-order valence-corrected chi connectivity index (χ0v) is 21.8. The van der Waals surface area contributed by atoms with Gasteiger partial charge in [0.25, 0.3) is 0 Å². The van der Waals surface area contributed by atoms with Gasteiger partial charge in [-0.1, -0.05) is 29.3 Å². The lowest BCUT2D eigenvalue weighted by Gasteiger charge is -2.15. The van der Waals surface area contributed by atoms with Crippen molar-refractivity contribution in [3.63, 3.8) is 0 Å². The van der Waals surface area contributed by atoms with Crippen LogP contribution in [-0.4, -0.2) is 39.1 Å². The predicted molar refractivity (Wildman–Crippen MR) is 142 cm³/mol. The molecule has 0 fully saturated rings. The number of benzene rings is 2. The first kappa shape index (κ1) is 25.8. The van der Waals surface area contributed by atoms with E-state index in [0.29, 0.717) is 62.9 Å². The Bertz CT molecular complexity index is 1580. The van der Waals surface area contributed by atoms with E-state index in [2.05, 4.69) is 21.7 Å². The van der Waals surface area contributed by atoms with E-state index in [9.17, 15) is 13.7 Å². The van der Waals surface area contributed by atoms with Crippen molar-refractivity contribution in [2.24, 2.45) is 0 Å². The van der Waals surface area contributed by atoms with E-state index in [1.165, 1.54) is 19.6 Å². The van der Waals surface area contributed by atoms with E-state index in [4.69, 9.17) is 32.4 Å². The van der Waals surface area contributed by atoms with Gasteiger partial charge in [0.15, 0.2) is 0 Å². The minimum atomic E-state index is -3.02. The van der Waals surface area contributed by atoms with Crippen molar-refractivity contribution < 1.29 is 17.6 Å². The second-order valence-electron chi connectivity index (χ2n) is 8.05. The number of rotatable bonds is 9. The largest absolute Gasteiger partial charge is 0.495 e. The second kappa shape index (κ2) is 10.8. The summed E-state index contributed by atoms with van der Waals surface area (Å²) in [5, 5.41) is 17.4. The average molecular weight is 545 g/mol. The summed E-state index contributed by atoms with van der Waals surface area (Å²) in [5.74, 6) is 1.83. The normalized spacial score (nSPS) is 11.4. The van der Waals surface area contributed by atoms with Crippen LogP contribution in [0.3, 0.4) is 0 Å². The maximum absolute atomic E-state index is 11.3. The number of fused-ring (bicyclic) bond motifs is 1. The smallest absolute Gasteiger partial charge is 0.148 e. The average Bonchev–Trinajstić information content (AvgIpc) is 3.31. The first-order valence-corrected chi connectivity index (χ1v) is 13.6. The van der Waals surface area contributed by atoms with Crippen molar-refractivity contribution in [1.82, 2.24) is 10.3 Å². The van der Waals surface area contributed by atoms with Crippen molar-refractivity contribution in [3.8, 4) is 23.1 Å². The Balaban J connectivity index is 1.61. The lowest BCUT2D eigenvalue weighted by atomic mass is 10.1. The first-order valence-electron chi connectivity index (χ1n) is 10.8. The number of halogens is 2. The maximum atomic E-state index is 11.3. The lowest BCUT2D eigenvalue weighted by molar-refractivity contribution is 0.415. The van der Waals surface area contributed by atoms with Crippen molar-refractivity contribution in [2.45, 2.75) is 6.54 Å². The van der Waals surface area contributed by atoms with Crippen molar-refractivity contribution in [3.05, 3.63) is 70.0 Å². The summed E-state index contributed by atoms with van der Waals surface area (Å²) < 4.78 is 33.7. The summed E-state index contributed by atoms with van der Waals surface area (Å²) in [6.07, 6.45) is 2.70. The number of ether oxygens (including phenoxy) is 1. The molecule has 8 nitrogen and oxygen atoms in total. The van der Waals surface area contributed by atoms with Crippen LogP contribution in [0.4, 0.5) is 11.4 Å². The Hall–Kier alpha value is -3.29. The molecule has 0 bridgehead atoms. The molecule has 186 valence electrons. The van der Waals surface area contributed by atoms with E-state index in [0.717, 1.165) is 10.9 Å². The molecule has 2 heterocycles. The molecular formula is C25H22Cl2N4O4S. The summed E-state index contributed by atoms with van der Waals surface area (Å²) in [4.78, 5) is 4.45. The fourth-order valence-corrected chi connectivity index (χ4v) is 4.60. The van der Waals surface area contributed by atoms with Crippen molar-refractivity contribution >= 4 is 55.3 Å². The van der Waals surface area contributed by atoms with Gasteiger partial charge in [0.2, 0.25) is 0 Å². The highest BCUT2D eigenvalue weighted by Crippen LogP contribution is 2.38. The molecule has 0 radical (unpaired) electrons. The molecule has 0 spiro atoms. The number of hydrogen-bond acceptors (Lipinski definition) is 8. The van der Waals surface area contributed by atoms with Crippen LogP contribution in [0.5, 0.6) is 5.75 Å². The number of nitrogens with one attached hydrogen (secondary N) is 2. The molecular weight excluding hydrogens is 523 g/mol. The summed E-state index contributed by atoms with van der Waals surface area (Å²) in [5.41, 5.74) is 2.88. The Labute approximate surface area is 218 Å². The van der Waals surface area contributed by atoms with Gasteiger partial charge in [-0.3, -0.25) is 4.98 Å². The Morgan fingerprint density at radius 3 is 2.67 bits per heavy atom. The van der Waals surface area contributed by atoms with E-state index >= 15 is 0 Å². The molecule has 36 heavy (non-hydrogen) atoms. The zero-order chi connectivity index (χ0) is 25.9. The number of nitriles is 1. The van der Waals surface area contributed by atoms with Crippen LogP contribution in [0.2, 0.25) is 10.0 Å². The van der Waals surface area contributed by atoms with Crippen molar-refractivity contribution in [2.75, 3.05) is 31.0 Å². The standard InChI is InChI=1S/C25H22Cl2N4O4S/c1-34-24-11-22(19(26)10-20(24)27)31-25-16(12-28)13-30-21-9-15(3-5-18(21)25)23-6-4-17(35-23)14-29-7-8-36(2,32)33/h3-6,9-11,13,29H,7-8,14H2,1-2H3,(H,30,31). The molecule has 2 aromatic heterocycles. The molecule has 2 N–H and O–H groups in total. The SMILES string of the molecule is COc1cc(Nc2c(C#N)cnc3cc(-c4ccc(CNCCS(C)(=O)=O)o4)ccc23)c(Cl)cc1Cl. The van der Waals surface area contributed by atoms with Crippen LogP contribution < -0.4 is 15.4 Å². The van der Waals surface area contributed by atoms with Gasteiger partial charge in [-0.15, -0.1) is 0 Å². The van der Waals surface area contributed by atoms with Gasteiger partial charge in [0, 0.05) is 36.0 Å². The minimum absolute atomic E-state index is 0.0615. The van der Waals surface area contributed by atoms with Gasteiger partial charge in [-0.05, 0) is 30.3 Å². The number of methoxy groups -OCH3 is 1. The van der Waals surface area contributed by atoms with Crippen LogP contribution in [0, 0.1) is 11.3 Å². The van der Waals surface area contributed by atoms with Gasteiger partial charge in [0.1, 0.15) is 33.2 Å². The third kappa shape index (κ3) is 5.91. The molecule has 0 amide bonds. The van der Waals surface area contributed by atoms with Crippen LogP contribution >= 0.6 is 23.2 Å². The molecule has 11 heteroatoms. The molecule has 4 aromatic rings. The summed E-state index contributed by atoms with van der Waals surface area (Å²) in [7, 11) is -1.51. The highest BCUT2D eigenvalue weighted by molar-refractivity contribution is 7.90. The fourth-order valence-electron chi connectivity index (χ4n) is 3.58. The van der Waals surface area contributed by atoms with Crippen molar-refractivity contribution in [1.29, 1.82) is 5.26 Å². The molecule has 0 aliphatic carbocycles. The van der Waals surface area contributed by atoms with Crippen LogP contribution in [-0.2, 0) is 16.4 Å². The number of furan rings is 1. The van der Waals surface area contributed by atoms with Gasteiger partial charge in [-0.2, -0.15) is 5.26 Å². The van der Waals surface area contributed by atoms with Gasteiger partial charge in [-0.25, -0.2) is 8.42 Å². The number of nitrogens with zero attached hydrogens (tertiary/aromatic N) is 2. The molecule has 0 saturated heterocycles. The van der Waals surface area contributed by atoms with Crippen LogP contribution in [0.25, 0.3) is 22.2 Å². The Morgan fingerprint density at radius 1 is 1.14 bits per heavy atom. The second-order valence-corrected chi connectivity index (χ2v) is 11.1. The molecule has 0 unspecified atom stereocenters. The fraction of sp³-hybridized carbons (Fsp3) is 0.200. The van der Waals surface area contributed by atoms with E-state index in [-0.39, 0.29) is 5.75 Å². The van der Waals surface area contributed by atoms with E-state index < -0.39 is 9.84 Å². The monoisotopic (exact) mass is 544 g/mol. The number of hydrogen-bond donors (Lipinski definition) is 2. The van der Waals surface area contributed by atoms with Gasteiger partial charge in [0.05, 0.1) is 51.9 Å². The molecule has 0 aliphatic heterocycles. The first-order chi connectivity index (χ1) is 17.2. The molecule has 0 saturated carbocycles. The Kier molecular flexibility index (Phi) is 7.71. The minimum Gasteiger partial charge on any atom is -0.495 e. The third-order valence-electron chi connectivity index (χ3n) is 5.39. The Morgan fingerprint density at radius 2 is 1.94 bits per heavy atom. The van der Waals surface area contributed by atoms with Crippen LogP contribution in [0.15, 0.2) is 53.1 Å². The summed E-state index contributed by atoms with van der Waals surface area (Å²) in [6, 6.07) is 14.7. The number of aromatic nitrogens is 1. The highest BCUT2D eigenvalue weighted by atomic mass is 35.5. The van der Waals surface area contributed by atoms with Crippen LogP contribution in [0.1, 0.15) is 11.3 Å². The third-order valence-corrected chi connectivity index (χ3v) is 6.94.